The number of carbonyl (C=O) groups is 1. The third-order valence-electron chi connectivity index (χ3n) is 4.09. The van der Waals surface area contributed by atoms with E-state index < -0.39 is 0 Å². The van der Waals surface area contributed by atoms with Crippen molar-refractivity contribution in [1.29, 1.82) is 0 Å². The van der Waals surface area contributed by atoms with Gasteiger partial charge in [-0.15, -0.1) is 0 Å². The Morgan fingerprint density at radius 1 is 1.14 bits per heavy atom. The number of methoxy groups -OCH3 is 1. The smallest absolute Gasteiger partial charge is 0.327 e. The number of aliphatic imine (C=N–C) groups is 1. The van der Waals surface area contributed by atoms with E-state index in [9.17, 15) is 4.79 Å². The van der Waals surface area contributed by atoms with Crippen molar-refractivity contribution in [2.75, 3.05) is 20.3 Å². The first-order valence-corrected chi connectivity index (χ1v) is 8.97. The highest BCUT2D eigenvalue weighted by molar-refractivity contribution is 5.82. The molecule has 3 rings (SSSR count). The van der Waals surface area contributed by atoms with Crippen molar-refractivity contribution in [3.8, 4) is 17.2 Å². The molecule has 0 radical (unpaired) electrons. The molecule has 0 unspecified atom stereocenters. The van der Waals surface area contributed by atoms with E-state index >= 15 is 0 Å². The van der Waals surface area contributed by atoms with Gasteiger partial charge in [0.15, 0.2) is 0 Å². The Hall–Kier alpha value is -3.41. The van der Waals surface area contributed by atoms with Crippen molar-refractivity contribution >= 4 is 12.2 Å². The van der Waals surface area contributed by atoms with Crippen molar-refractivity contribution in [2.45, 2.75) is 13.3 Å². The summed E-state index contributed by atoms with van der Waals surface area (Å²) in [5.74, 6) is 1.83. The van der Waals surface area contributed by atoms with Gasteiger partial charge in [-0.05, 0) is 48.9 Å². The predicted molar refractivity (Wildman–Crippen MR) is 107 cm³/mol. The van der Waals surface area contributed by atoms with Crippen LogP contribution in [0.2, 0.25) is 0 Å². The Morgan fingerprint density at radius 2 is 1.89 bits per heavy atom. The van der Waals surface area contributed by atoms with Crippen LogP contribution in [0.25, 0.3) is 11.5 Å². The van der Waals surface area contributed by atoms with Crippen LogP contribution in [0.15, 0.2) is 64.0 Å². The van der Waals surface area contributed by atoms with Gasteiger partial charge in [0.1, 0.15) is 18.1 Å². The molecule has 0 N–H and O–H groups in total. The molecule has 0 aliphatic carbocycles. The first-order valence-electron chi connectivity index (χ1n) is 8.97. The minimum Gasteiger partial charge on any atom is -0.493 e. The summed E-state index contributed by atoms with van der Waals surface area (Å²) in [6.07, 6.45) is 2.29. The third-order valence-corrected chi connectivity index (χ3v) is 4.09. The van der Waals surface area contributed by atoms with Crippen LogP contribution >= 0.6 is 0 Å². The van der Waals surface area contributed by atoms with Gasteiger partial charge in [-0.1, -0.05) is 18.2 Å². The molecular weight excluding hydrogens is 356 g/mol. The Labute approximate surface area is 163 Å². The monoisotopic (exact) mass is 378 g/mol. The summed E-state index contributed by atoms with van der Waals surface area (Å²) < 4.78 is 16.1. The molecule has 0 atom stereocenters. The van der Waals surface area contributed by atoms with Gasteiger partial charge < -0.3 is 13.9 Å². The highest BCUT2D eigenvalue weighted by atomic mass is 16.5. The Kier molecular flexibility index (Phi) is 6.57. The number of esters is 1. The summed E-state index contributed by atoms with van der Waals surface area (Å²) in [5, 5.41) is 0. The van der Waals surface area contributed by atoms with Gasteiger partial charge in [0, 0.05) is 18.2 Å². The zero-order chi connectivity index (χ0) is 19.8. The quantitative estimate of drug-likeness (QED) is 0.439. The van der Waals surface area contributed by atoms with Gasteiger partial charge in [0.05, 0.1) is 19.4 Å². The van der Waals surface area contributed by atoms with E-state index in [1.54, 1.807) is 6.21 Å². The van der Waals surface area contributed by atoms with Crippen LogP contribution in [0.4, 0.5) is 0 Å². The fourth-order valence-corrected chi connectivity index (χ4v) is 2.57. The number of ether oxygens (including phenoxy) is 2. The lowest BCUT2D eigenvalue weighted by molar-refractivity contribution is -0.138. The number of aromatic nitrogens is 1. The van der Waals surface area contributed by atoms with Crippen LogP contribution in [0.3, 0.4) is 0 Å². The van der Waals surface area contributed by atoms with Gasteiger partial charge in [-0.2, -0.15) is 0 Å². The second-order valence-corrected chi connectivity index (χ2v) is 6.10. The molecule has 0 amide bonds. The summed E-state index contributed by atoms with van der Waals surface area (Å²) in [5.41, 5.74) is 2.74. The van der Waals surface area contributed by atoms with Crippen LogP contribution < -0.4 is 4.74 Å². The summed E-state index contributed by atoms with van der Waals surface area (Å²) in [6, 6.07) is 17.3. The van der Waals surface area contributed by atoms with Crippen molar-refractivity contribution in [3.05, 3.63) is 71.6 Å². The molecule has 3 aromatic rings. The third kappa shape index (κ3) is 5.30. The van der Waals surface area contributed by atoms with Gasteiger partial charge in [-0.25, -0.2) is 4.98 Å². The molecule has 0 saturated heterocycles. The predicted octanol–water partition coefficient (Wildman–Crippen LogP) is 3.86. The number of benzene rings is 2. The maximum atomic E-state index is 11.0. The molecule has 0 saturated carbocycles. The summed E-state index contributed by atoms with van der Waals surface area (Å²) in [4.78, 5) is 19.6. The lowest BCUT2D eigenvalue weighted by atomic mass is 10.2. The van der Waals surface area contributed by atoms with Gasteiger partial charge in [-0.3, -0.25) is 9.79 Å². The van der Waals surface area contributed by atoms with Gasteiger partial charge >= 0.3 is 5.97 Å². The van der Waals surface area contributed by atoms with Crippen LogP contribution in [0, 0.1) is 6.92 Å². The summed E-state index contributed by atoms with van der Waals surface area (Å²) in [7, 11) is 1.34. The molecule has 0 spiro atoms. The zero-order valence-electron chi connectivity index (χ0n) is 15.9. The first-order chi connectivity index (χ1) is 13.7. The molecule has 0 bridgehead atoms. The molecule has 6 nitrogen and oxygen atoms in total. The average molecular weight is 378 g/mol. The highest BCUT2D eigenvalue weighted by Crippen LogP contribution is 2.22. The van der Waals surface area contributed by atoms with Gasteiger partial charge in [0.25, 0.3) is 0 Å². The number of aryl methyl sites for hydroxylation is 1. The number of nitrogens with zero attached hydrogens (tertiary/aromatic N) is 2. The van der Waals surface area contributed by atoms with Crippen LogP contribution in [0.5, 0.6) is 5.75 Å². The minimum atomic E-state index is -0.366. The first kappa shape index (κ1) is 19.4. The van der Waals surface area contributed by atoms with E-state index in [1.165, 1.54) is 7.11 Å². The van der Waals surface area contributed by atoms with E-state index in [0.717, 1.165) is 28.3 Å². The Balaban J connectivity index is 1.51. The zero-order valence-corrected chi connectivity index (χ0v) is 15.9. The van der Waals surface area contributed by atoms with Crippen molar-refractivity contribution in [2.24, 2.45) is 4.99 Å². The van der Waals surface area contributed by atoms with Crippen LogP contribution in [-0.2, 0) is 16.0 Å². The van der Waals surface area contributed by atoms with E-state index in [0.29, 0.717) is 18.9 Å². The number of oxazole rings is 1. The van der Waals surface area contributed by atoms with E-state index in [-0.39, 0.29) is 12.5 Å². The minimum absolute atomic E-state index is 0.0107. The summed E-state index contributed by atoms with van der Waals surface area (Å²) in [6.45, 7) is 2.42. The Bertz CT molecular complexity index is 931. The van der Waals surface area contributed by atoms with Gasteiger partial charge in [0.2, 0.25) is 5.89 Å². The summed E-state index contributed by atoms with van der Waals surface area (Å²) >= 11 is 0. The van der Waals surface area contributed by atoms with E-state index in [4.69, 9.17) is 9.15 Å². The van der Waals surface area contributed by atoms with E-state index in [2.05, 4.69) is 14.7 Å². The second kappa shape index (κ2) is 9.50. The van der Waals surface area contributed by atoms with Crippen molar-refractivity contribution in [1.82, 2.24) is 4.98 Å². The molecule has 1 aromatic heterocycles. The fraction of sp³-hybridized carbons (Fsp3) is 0.227. The largest absolute Gasteiger partial charge is 0.493 e. The van der Waals surface area contributed by atoms with Crippen LogP contribution in [0.1, 0.15) is 17.0 Å². The molecule has 0 fully saturated rings. The normalized spacial score (nSPS) is 10.9. The van der Waals surface area contributed by atoms with Crippen LogP contribution in [-0.4, -0.2) is 37.4 Å². The lowest BCUT2D eigenvalue weighted by Crippen LogP contribution is -2.04. The van der Waals surface area contributed by atoms with Crippen molar-refractivity contribution in [3.63, 3.8) is 0 Å². The molecule has 28 heavy (non-hydrogen) atoms. The molecule has 0 aliphatic heterocycles. The average Bonchev–Trinajstić information content (AvgIpc) is 3.10. The molecule has 0 aliphatic rings. The number of rotatable bonds is 8. The van der Waals surface area contributed by atoms with E-state index in [1.807, 2.05) is 61.5 Å². The number of hydrogen-bond donors (Lipinski definition) is 0. The number of hydrogen-bond acceptors (Lipinski definition) is 6. The topological polar surface area (TPSA) is 73.9 Å². The standard InChI is InChI=1S/C22H22N2O4/c1-16-20(24-22(28-16)18-6-4-3-5-7-18)12-13-27-19-10-8-17(9-11-19)14-23-15-21(25)26-2/h3-11,14H,12-13,15H2,1-2H3. The fourth-order valence-electron chi connectivity index (χ4n) is 2.57. The Morgan fingerprint density at radius 3 is 2.61 bits per heavy atom. The molecule has 1 heterocycles. The molecule has 144 valence electrons. The van der Waals surface area contributed by atoms with Crippen molar-refractivity contribution < 1.29 is 18.7 Å². The molecular formula is C22H22N2O4. The highest BCUT2D eigenvalue weighted by Gasteiger charge is 2.11. The maximum Gasteiger partial charge on any atom is 0.327 e. The molecule has 6 heteroatoms. The molecule has 2 aromatic carbocycles. The number of carbonyl (C=O) groups excluding carboxylic acids is 1. The SMILES string of the molecule is COC(=O)CN=Cc1ccc(OCCc2nc(-c3ccccc3)oc2C)cc1. The lowest BCUT2D eigenvalue weighted by Gasteiger charge is -2.05. The second-order valence-electron chi connectivity index (χ2n) is 6.10. The maximum absolute atomic E-state index is 11.0.